The van der Waals surface area contributed by atoms with Gasteiger partial charge in [0.1, 0.15) is 0 Å². The fraction of sp³-hybridized carbons (Fsp3) is 0.136. The third-order valence-corrected chi connectivity index (χ3v) is 5.09. The molecule has 3 N–H and O–H groups in total. The van der Waals surface area contributed by atoms with Crippen LogP contribution in [0.2, 0.25) is 0 Å². The Balaban J connectivity index is 1.67. The zero-order chi connectivity index (χ0) is 27.0. The van der Waals surface area contributed by atoms with Crippen LogP contribution in [-0.4, -0.2) is 20.6 Å². The second-order valence-corrected chi connectivity index (χ2v) is 7.63. The Morgan fingerprint density at radius 1 is 0.595 bits per heavy atom. The van der Waals surface area contributed by atoms with Gasteiger partial charge in [-0.1, -0.05) is 18.2 Å². The second-order valence-electron chi connectivity index (χ2n) is 7.63. The second kappa shape index (κ2) is 9.29. The summed E-state index contributed by atoms with van der Waals surface area (Å²) in [6.45, 7) is 0. The van der Waals surface area contributed by atoms with Crippen molar-refractivity contribution in [1.82, 2.24) is 20.6 Å². The van der Waals surface area contributed by atoms with E-state index in [1.807, 2.05) is 0 Å². The number of aromatic nitrogens is 4. The number of aromatic amines is 1. The predicted octanol–water partition coefficient (Wildman–Crippen LogP) is 7.03. The van der Waals surface area contributed by atoms with E-state index in [0.717, 1.165) is 12.1 Å². The zero-order valence-electron chi connectivity index (χ0n) is 18.0. The third-order valence-electron chi connectivity index (χ3n) is 5.09. The van der Waals surface area contributed by atoms with Gasteiger partial charge in [0, 0.05) is 5.56 Å². The number of alkyl halides is 9. The van der Waals surface area contributed by atoms with Gasteiger partial charge in [-0.25, -0.2) is 5.10 Å². The first-order valence-electron chi connectivity index (χ1n) is 10.1. The molecule has 4 rings (SSSR count). The van der Waals surface area contributed by atoms with Gasteiger partial charge >= 0.3 is 18.5 Å². The van der Waals surface area contributed by atoms with Gasteiger partial charge in [-0.2, -0.15) is 39.5 Å². The average molecular weight is 532 g/mol. The normalized spacial score (nSPS) is 12.5. The highest BCUT2D eigenvalue weighted by Gasteiger charge is 2.37. The van der Waals surface area contributed by atoms with E-state index in [9.17, 15) is 39.5 Å². The van der Waals surface area contributed by atoms with Crippen LogP contribution < -0.4 is 10.9 Å². The Morgan fingerprint density at radius 2 is 1.16 bits per heavy atom. The summed E-state index contributed by atoms with van der Waals surface area (Å²) in [6.07, 6.45) is -14.6. The Morgan fingerprint density at radius 3 is 1.68 bits per heavy atom. The van der Waals surface area contributed by atoms with Crippen molar-refractivity contribution in [2.75, 3.05) is 10.9 Å². The van der Waals surface area contributed by atoms with Crippen molar-refractivity contribution in [2.24, 2.45) is 0 Å². The SMILES string of the molecule is FC(F)(F)c1ccc(-c2ccc(NNc3cc(C(F)(F)F)cc(C(F)(F)F)c3)c(-c3nnn[nH]3)c2)cc1. The Hall–Kier alpha value is -4.30. The smallest absolute Gasteiger partial charge is 0.301 e. The highest BCUT2D eigenvalue weighted by Crippen LogP contribution is 2.38. The van der Waals surface area contributed by atoms with E-state index < -0.39 is 40.9 Å². The van der Waals surface area contributed by atoms with Crippen LogP contribution in [0.15, 0.2) is 60.7 Å². The molecule has 4 aromatic rings. The molecule has 0 aliphatic heterocycles. The van der Waals surface area contributed by atoms with Gasteiger partial charge in [0.05, 0.1) is 28.1 Å². The van der Waals surface area contributed by atoms with Gasteiger partial charge in [-0.3, -0.25) is 0 Å². The number of anilines is 2. The number of benzene rings is 3. The van der Waals surface area contributed by atoms with Crippen LogP contribution in [0, 0.1) is 0 Å². The number of hydrogen-bond acceptors (Lipinski definition) is 5. The number of H-pyrrole nitrogens is 1. The molecule has 0 fully saturated rings. The zero-order valence-corrected chi connectivity index (χ0v) is 18.0. The van der Waals surface area contributed by atoms with E-state index >= 15 is 0 Å². The van der Waals surface area contributed by atoms with E-state index in [-0.39, 0.29) is 23.1 Å². The molecule has 0 atom stereocenters. The van der Waals surface area contributed by atoms with Crippen LogP contribution in [0.25, 0.3) is 22.5 Å². The van der Waals surface area contributed by atoms with Gasteiger partial charge in [0.2, 0.25) is 0 Å². The molecule has 0 aliphatic carbocycles. The van der Waals surface area contributed by atoms with Crippen LogP contribution in [0.3, 0.4) is 0 Å². The molecule has 194 valence electrons. The standard InChI is InChI=1S/C22H13F9N6/c23-20(24,25)13-4-1-11(2-5-13)12-3-6-18(17(7-12)19-34-36-37-35-19)33-32-16-9-14(21(26,27)28)8-15(10-16)22(29,30)31/h1-10,32-33H,(H,34,35,36,37). The first kappa shape index (κ1) is 25.8. The van der Waals surface area contributed by atoms with Crippen LogP contribution in [0.5, 0.6) is 0 Å². The first-order valence-corrected chi connectivity index (χ1v) is 10.1. The lowest BCUT2D eigenvalue weighted by Gasteiger charge is -2.17. The van der Waals surface area contributed by atoms with Crippen LogP contribution in [0.1, 0.15) is 16.7 Å². The molecule has 0 bridgehead atoms. The summed E-state index contributed by atoms with van der Waals surface area (Å²) in [5.41, 5.74) is 1.64. The predicted molar refractivity (Wildman–Crippen MR) is 114 cm³/mol. The first-order chi connectivity index (χ1) is 17.2. The van der Waals surface area contributed by atoms with Gasteiger partial charge in [0.15, 0.2) is 5.82 Å². The lowest BCUT2D eigenvalue weighted by molar-refractivity contribution is -0.143. The lowest BCUT2D eigenvalue weighted by Crippen LogP contribution is -2.15. The minimum absolute atomic E-state index is 0.00432. The fourth-order valence-corrected chi connectivity index (χ4v) is 3.32. The molecule has 1 aromatic heterocycles. The number of tetrazole rings is 1. The monoisotopic (exact) mass is 532 g/mol. The van der Waals surface area contributed by atoms with Gasteiger partial charge < -0.3 is 10.9 Å². The molecule has 0 saturated heterocycles. The fourth-order valence-electron chi connectivity index (χ4n) is 3.32. The maximum Gasteiger partial charge on any atom is 0.416 e. The van der Waals surface area contributed by atoms with Crippen molar-refractivity contribution in [3.63, 3.8) is 0 Å². The van der Waals surface area contributed by atoms with Crippen molar-refractivity contribution in [2.45, 2.75) is 18.5 Å². The largest absolute Gasteiger partial charge is 0.416 e. The van der Waals surface area contributed by atoms with Crippen molar-refractivity contribution >= 4 is 11.4 Å². The van der Waals surface area contributed by atoms with Crippen molar-refractivity contribution < 1.29 is 39.5 Å². The van der Waals surface area contributed by atoms with Crippen molar-refractivity contribution in [3.05, 3.63) is 77.4 Å². The molecule has 0 radical (unpaired) electrons. The van der Waals surface area contributed by atoms with Crippen molar-refractivity contribution in [3.8, 4) is 22.5 Å². The maximum absolute atomic E-state index is 13.1. The van der Waals surface area contributed by atoms with Crippen molar-refractivity contribution in [1.29, 1.82) is 0 Å². The highest BCUT2D eigenvalue weighted by molar-refractivity contribution is 5.80. The summed E-state index contributed by atoms with van der Waals surface area (Å²) in [5, 5.41) is 13.1. The highest BCUT2D eigenvalue weighted by atomic mass is 19.4. The van der Waals surface area contributed by atoms with Gasteiger partial charge in [-0.05, 0) is 64.0 Å². The number of halogens is 9. The van der Waals surface area contributed by atoms with E-state index in [1.165, 1.54) is 30.3 Å². The number of hydrazine groups is 1. The molecule has 0 aliphatic rings. The van der Waals surface area contributed by atoms with E-state index in [0.29, 0.717) is 23.3 Å². The summed E-state index contributed by atoms with van der Waals surface area (Å²) >= 11 is 0. The summed E-state index contributed by atoms with van der Waals surface area (Å²) in [5.74, 6) is 0.0677. The topological polar surface area (TPSA) is 78.5 Å². The quantitative estimate of drug-likeness (QED) is 0.190. The Labute approximate surface area is 201 Å². The van der Waals surface area contributed by atoms with Crippen LogP contribution in [-0.2, 0) is 18.5 Å². The molecule has 15 heteroatoms. The Kier molecular flexibility index (Phi) is 6.48. The van der Waals surface area contributed by atoms with E-state index in [4.69, 9.17) is 0 Å². The molecule has 0 saturated carbocycles. The third kappa shape index (κ3) is 5.92. The molecular weight excluding hydrogens is 519 g/mol. The minimum Gasteiger partial charge on any atom is -0.301 e. The summed E-state index contributed by atoms with van der Waals surface area (Å²) < 4.78 is 117. The summed E-state index contributed by atoms with van der Waals surface area (Å²) in [4.78, 5) is 0. The molecular formula is C22H13F9N6. The number of hydrogen-bond donors (Lipinski definition) is 3. The molecule has 0 unspecified atom stereocenters. The van der Waals surface area contributed by atoms with Gasteiger partial charge in [-0.15, -0.1) is 5.10 Å². The number of rotatable bonds is 5. The van der Waals surface area contributed by atoms with E-state index in [1.54, 1.807) is 0 Å². The molecule has 1 heterocycles. The summed E-state index contributed by atoms with van der Waals surface area (Å²) in [7, 11) is 0. The molecule has 6 nitrogen and oxygen atoms in total. The molecule has 37 heavy (non-hydrogen) atoms. The molecule has 0 spiro atoms. The van der Waals surface area contributed by atoms with Gasteiger partial charge in [0.25, 0.3) is 0 Å². The molecule has 3 aromatic carbocycles. The van der Waals surface area contributed by atoms with Crippen LogP contribution >= 0.6 is 0 Å². The van der Waals surface area contributed by atoms with E-state index in [2.05, 4.69) is 31.5 Å². The van der Waals surface area contributed by atoms with Crippen LogP contribution in [0.4, 0.5) is 50.9 Å². The minimum atomic E-state index is -5.03. The number of nitrogens with one attached hydrogen (secondary N) is 3. The Bertz CT molecular complexity index is 1340. The lowest BCUT2D eigenvalue weighted by atomic mass is 10.0. The summed E-state index contributed by atoms with van der Waals surface area (Å²) in [6, 6.07) is 9.61. The maximum atomic E-state index is 13.1. The number of nitrogens with zero attached hydrogens (tertiary/aromatic N) is 3. The average Bonchev–Trinajstić information content (AvgIpc) is 3.36. The molecule has 0 amide bonds.